The molecule has 0 bridgehead atoms. The lowest BCUT2D eigenvalue weighted by atomic mass is 9.80. The second-order valence-corrected chi connectivity index (χ2v) is 8.51. The molecule has 3 heterocycles. The fourth-order valence-corrected chi connectivity index (χ4v) is 4.97. The van der Waals surface area contributed by atoms with E-state index in [0.717, 1.165) is 45.3 Å². The van der Waals surface area contributed by atoms with Gasteiger partial charge in [0.1, 0.15) is 12.2 Å². The molecule has 1 aliphatic carbocycles. The van der Waals surface area contributed by atoms with Gasteiger partial charge in [0.25, 0.3) is 0 Å². The van der Waals surface area contributed by atoms with Gasteiger partial charge in [0, 0.05) is 12.5 Å². The van der Waals surface area contributed by atoms with Crippen LogP contribution in [0.1, 0.15) is 58.8 Å². The number of hydrogen-bond donors (Lipinski definition) is 0. The molecule has 0 saturated carbocycles. The molecule has 4 nitrogen and oxygen atoms in total. The van der Waals surface area contributed by atoms with Crippen molar-refractivity contribution in [3.63, 3.8) is 0 Å². The Morgan fingerprint density at radius 2 is 2.08 bits per heavy atom. The molecule has 0 N–H and O–H groups in total. The van der Waals surface area contributed by atoms with Gasteiger partial charge in [0.15, 0.2) is 0 Å². The summed E-state index contributed by atoms with van der Waals surface area (Å²) in [6.07, 6.45) is 10.5. The van der Waals surface area contributed by atoms with E-state index in [9.17, 15) is 4.79 Å². The number of carbonyl (C=O) groups excluding carboxylic acids is 1. The number of likely N-dealkylation sites (tertiary alicyclic amines) is 1. The molecular weight excluding hydrogens is 302 g/mol. The Morgan fingerprint density at radius 1 is 1.29 bits per heavy atom. The molecule has 5 atom stereocenters. The Hall–Kier alpha value is -0.870. The molecule has 0 spiro atoms. The van der Waals surface area contributed by atoms with E-state index >= 15 is 0 Å². The minimum Gasteiger partial charge on any atom is -0.459 e. The number of hydrogen-bond acceptors (Lipinski definition) is 4. The van der Waals surface area contributed by atoms with E-state index in [1.54, 1.807) is 0 Å². The van der Waals surface area contributed by atoms with Crippen LogP contribution in [0.5, 0.6) is 0 Å². The molecule has 0 amide bonds. The van der Waals surface area contributed by atoms with Gasteiger partial charge in [-0.05, 0) is 65.5 Å². The van der Waals surface area contributed by atoms with Crippen LogP contribution in [0.3, 0.4) is 0 Å². The zero-order valence-electron chi connectivity index (χ0n) is 15.1. The van der Waals surface area contributed by atoms with Crippen molar-refractivity contribution in [2.45, 2.75) is 76.6 Å². The lowest BCUT2D eigenvalue weighted by molar-refractivity contribution is -0.145. The molecular formula is C20H31NO3. The molecule has 3 saturated heterocycles. The lowest BCUT2D eigenvalue weighted by Crippen LogP contribution is -2.39. The van der Waals surface area contributed by atoms with E-state index in [1.165, 1.54) is 24.8 Å². The van der Waals surface area contributed by atoms with E-state index in [0.29, 0.717) is 5.92 Å². The second kappa shape index (κ2) is 6.45. The van der Waals surface area contributed by atoms with Crippen molar-refractivity contribution in [2.24, 2.45) is 11.8 Å². The summed E-state index contributed by atoms with van der Waals surface area (Å²) >= 11 is 0. The summed E-state index contributed by atoms with van der Waals surface area (Å²) in [5.41, 5.74) is 1.37. The molecule has 134 valence electrons. The quantitative estimate of drug-likeness (QED) is 0.442. The second-order valence-electron chi connectivity index (χ2n) is 8.51. The fourth-order valence-electron chi connectivity index (χ4n) is 4.97. The standard InChI is InChI=1S/C20H31NO3/c1-14-7-6-10-20(2)18(24-20)17-15(9-8-14)16(19(22)23-17)13-21-11-4-3-5-12-21/h7,15-18H,3-6,8-13H2,1-2H3/t15-,16-,17-,18+,20+/m0/s1. The molecule has 0 unspecified atom stereocenters. The van der Waals surface area contributed by atoms with E-state index in [2.05, 4.69) is 24.8 Å². The maximum atomic E-state index is 12.6. The van der Waals surface area contributed by atoms with Crippen molar-refractivity contribution in [3.05, 3.63) is 11.6 Å². The monoisotopic (exact) mass is 333 g/mol. The third-order valence-electron chi connectivity index (χ3n) is 6.64. The van der Waals surface area contributed by atoms with Crippen molar-refractivity contribution >= 4 is 5.97 Å². The third-order valence-corrected chi connectivity index (χ3v) is 6.64. The van der Waals surface area contributed by atoms with E-state index in [4.69, 9.17) is 9.47 Å². The molecule has 4 rings (SSSR count). The first-order valence-corrected chi connectivity index (χ1v) is 9.83. The molecule has 4 heteroatoms. The highest BCUT2D eigenvalue weighted by Crippen LogP contribution is 2.50. The van der Waals surface area contributed by atoms with Gasteiger partial charge >= 0.3 is 5.97 Å². The van der Waals surface area contributed by atoms with Gasteiger partial charge in [-0.25, -0.2) is 0 Å². The van der Waals surface area contributed by atoms with Gasteiger partial charge in [0.05, 0.1) is 11.5 Å². The van der Waals surface area contributed by atoms with Crippen LogP contribution < -0.4 is 0 Å². The van der Waals surface area contributed by atoms with Crippen LogP contribution in [0.15, 0.2) is 11.6 Å². The van der Waals surface area contributed by atoms with Crippen molar-refractivity contribution < 1.29 is 14.3 Å². The number of carbonyl (C=O) groups is 1. The molecule has 3 aliphatic heterocycles. The van der Waals surface area contributed by atoms with Gasteiger partial charge in [-0.15, -0.1) is 0 Å². The fraction of sp³-hybridized carbons (Fsp3) is 0.850. The van der Waals surface area contributed by atoms with Crippen LogP contribution in [0.4, 0.5) is 0 Å². The lowest BCUT2D eigenvalue weighted by Gasteiger charge is -2.30. The molecule has 0 aromatic carbocycles. The Labute approximate surface area is 145 Å². The molecule has 4 aliphatic rings. The van der Waals surface area contributed by atoms with Crippen LogP contribution in [0.2, 0.25) is 0 Å². The van der Waals surface area contributed by atoms with Crippen LogP contribution in [-0.4, -0.2) is 48.3 Å². The van der Waals surface area contributed by atoms with Gasteiger partial charge < -0.3 is 14.4 Å². The number of epoxide rings is 1. The Kier molecular flexibility index (Phi) is 4.46. The highest BCUT2D eigenvalue weighted by atomic mass is 16.6. The number of ether oxygens (including phenoxy) is 2. The first kappa shape index (κ1) is 16.6. The van der Waals surface area contributed by atoms with E-state index < -0.39 is 0 Å². The summed E-state index contributed by atoms with van der Waals surface area (Å²) < 4.78 is 11.9. The summed E-state index contributed by atoms with van der Waals surface area (Å²) in [6.45, 7) is 7.56. The number of fused-ring (bicyclic) bond motifs is 3. The number of nitrogens with zero attached hydrogens (tertiary/aromatic N) is 1. The molecule has 24 heavy (non-hydrogen) atoms. The summed E-state index contributed by atoms with van der Waals surface area (Å²) in [4.78, 5) is 15.1. The normalized spacial score (nSPS) is 43.4. The number of allylic oxidation sites excluding steroid dienone is 2. The Balaban J connectivity index is 1.52. The van der Waals surface area contributed by atoms with Crippen LogP contribution in [0, 0.1) is 11.8 Å². The van der Waals surface area contributed by atoms with Crippen molar-refractivity contribution in [2.75, 3.05) is 19.6 Å². The summed E-state index contributed by atoms with van der Waals surface area (Å²) in [6, 6.07) is 0. The summed E-state index contributed by atoms with van der Waals surface area (Å²) in [5.74, 6) is 0.371. The highest BCUT2D eigenvalue weighted by Gasteiger charge is 2.62. The SMILES string of the molecule is CC1=CCC[C@@]2(C)O[C@@H]2[C@H]2OC(=O)[C@@H](CN3CCCCC3)[C@@H]2CC1. The topological polar surface area (TPSA) is 42.1 Å². The number of piperidine rings is 1. The summed E-state index contributed by atoms with van der Waals surface area (Å²) in [7, 11) is 0. The van der Waals surface area contributed by atoms with Crippen molar-refractivity contribution in [1.29, 1.82) is 0 Å². The van der Waals surface area contributed by atoms with E-state index in [1.807, 2.05) is 0 Å². The van der Waals surface area contributed by atoms with Gasteiger partial charge in [-0.1, -0.05) is 18.1 Å². The molecule has 0 aromatic heterocycles. The first-order chi connectivity index (χ1) is 11.6. The van der Waals surface area contributed by atoms with Crippen LogP contribution >= 0.6 is 0 Å². The van der Waals surface area contributed by atoms with Crippen molar-refractivity contribution in [3.8, 4) is 0 Å². The number of esters is 1. The maximum absolute atomic E-state index is 12.6. The van der Waals surface area contributed by atoms with Gasteiger partial charge in [-0.3, -0.25) is 4.79 Å². The molecule has 0 radical (unpaired) electrons. The maximum Gasteiger partial charge on any atom is 0.311 e. The third kappa shape index (κ3) is 3.15. The zero-order valence-corrected chi connectivity index (χ0v) is 15.1. The summed E-state index contributed by atoms with van der Waals surface area (Å²) in [5, 5.41) is 0. The minimum atomic E-state index is -0.0860. The predicted octanol–water partition coefficient (Wildman–Crippen LogP) is 3.31. The highest BCUT2D eigenvalue weighted by molar-refractivity contribution is 5.75. The van der Waals surface area contributed by atoms with Gasteiger partial charge in [0.2, 0.25) is 0 Å². The first-order valence-electron chi connectivity index (χ1n) is 9.83. The van der Waals surface area contributed by atoms with E-state index in [-0.39, 0.29) is 29.7 Å². The average Bonchev–Trinajstić information content (AvgIpc) is 3.14. The average molecular weight is 333 g/mol. The Morgan fingerprint density at radius 3 is 2.88 bits per heavy atom. The van der Waals surface area contributed by atoms with Crippen molar-refractivity contribution in [1.82, 2.24) is 4.90 Å². The molecule has 3 fully saturated rings. The van der Waals surface area contributed by atoms with Gasteiger partial charge in [-0.2, -0.15) is 0 Å². The largest absolute Gasteiger partial charge is 0.459 e. The zero-order chi connectivity index (χ0) is 16.7. The smallest absolute Gasteiger partial charge is 0.311 e. The Bertz CT molecular complexity index is 525. The number of rotatable bonds is 2. The molecule has 0 aromatic rings. The van der Waals surface area contributed by atoms with Crippen LogP contribution in [0.25, 0.3) is 0 Å². The minimum absolute atomic E-state index is 0.0225. The van der Waals surface area contributed by atoms with Crippen LogP contribution in [-0.2, 0) is 14.3 Å². The predicted molar refractivity (Wildman–Crippen MR) is 92.7 cm³/mol.